The molecule has 2 aromatic heterocycles. The average molecular weight is 1060 g/mol. The van der Waals surface area contributed by atoms with E-state index in [1.165, 1.54) is 74.8 Å². The third-order valence-corrected chi connectivity index (χ3v) is 12.7. The van der Waals surface area contributed by atoms with Crippen molar-refractivity contribution in [3.63, 3.8) is 0 Å². The van der Waals surface area contributed by atoms with Crippen molar-refractivity contribution in [1.29, 1.82) is 0 Å². The molecule has 72 heavy (non-hydrogen) atoms. The number of carbonyl (C=O) groups excluding carboxylic acids is 4. The Morgan fingerprint density at radius 3 is 1.31 bits per heavy atom. The number of ketones is 2. The Hall–Kier alpha value is -6.51. The number of nitrogens with zero attached hydrogens (tertiary/aromatic N) is 2. The summed E-state index contributed by atoms with van der Waals surface area (Å²) in [5.41, 5.74) is -2.47. The number of carbonyl (C=O) groups is 4. The molecule has 4 aromatic carbocycles. The van der Waals surface area contributed by atoms with Gasteiger partial charge in [-0.25, -0.2) is 14.2 Å². The fourth-order valence-electron chi connectivity index (χ4n) is 7.40. The molecule has 6 aromatic rings. The van der Waals surface area contributed by atoms with Crippen molar-refractivity contribution in [1.82, 2.24) is 9.97 Å². The van der Waals surface area contributed by atoms with Gasteiger partial charge in [-0.3, -0.25) is 19.2 Å². The summed E-state index contributed by atoms with van der Waals surface area (Å²) in [7, 11) is -4.45. The first-order chi connectivity index (χ1) is 33.3. The zero-order chi connectivity index (χ0) is 53.7. The molecular formula is C51H46Cl2F6N4O8S. The summed E-state index contributed by atoms with van der Waals surface area (Å²) in [5, 5.41) is 15.4. The van der Waals surface area contributed by atoms with Crippen molar-refractivity contribution < 1.29 is 63.2 Å². The molecule has 6 rings (SSSR count). The molecule has 0 aliphatic carbocycles. The van der Waals surface area contributed by atoms with Crippen LogP contribution in [0.5, 0.6) is 0 Å². The number of aliphatic hydroxyl groups is 1. The molecule has 0 spiro atoms. The normalized spacial score (nSPS) is 13.4. The minimum absolute atomic E-state index is 0.0233. The number of hydrogen-bond acceptors (Lipinski definition) is 10. The molecule has 380 valence electrons. The predicted octanol–water partition coefficient (Wildman–Crippen LogP) is 11.6. The second-order valence-electron chi connectivity index (χ2n) is 17.0. The lowest BCUT2D eigenvalue weighted by molar-refractivity contribution is -0.258. The van der Waals surface area contributed by atoms with Gasteiger partial charge in [-0.2, -0.15) is 34.8 Å². The highest BCUT2D eigenvalue weighted by Gasteiger charge is 2.56. The Morgan fingerprint density at radius 2 is 0.972 bits per heavy atom. The third kappa shape index (κ3) is 13.5. The maximum Gasteiger partial charge on any atom is 0.422 e. The molecule has 2 atom stereocenters. The van der Waals surface area contributed by atoms with E-state index in [1.54, 1.807) is 62.4 Å². The molecule has 3 N–H and O–H groups in total. The number of benzene rings is 4. The van der Waals surface area contributed by atoms with Crippen molar-refractivity contribution >= 4 is 68.1 Å². The number of anilines is 2. The van der Waals surface area contributed by atoms with E-state index in [2.05, 4.69) is 24.8 Å². The van der Waals surface area contributed by atoms with Crippen LogP contribution in [-0.4, -0.2) is 65.5 Å². The van der Waals surface area contributed by atoms with Gasteiger partial charge in [0.05, 0.1) is 17.4 Å². The van der Waals surface area contributed by atoms with Crippen LogP contribution in [0.4, 0.5) is 37.7 Å². The smallest absolute Gasteiger partial charge is 0.376 e. The van der Waals surface area contributed by atoms with Crippen LogP contribution in [-0.2, 0) is 38.3 Å². The molecule has 0 aliphatic heterocycles. The standard InChI is InChI=1S/C26H24ClF3N2O5S.C25H22ClF3N2O3/c1-15-11-18(25(3,26(28,29)30)37-38(4,35)36)12-16(2)21(15)14-22(33)17-7-5-8-19(13-17)32-24(34)20-9-6-10-31-23(20)27;1-14-10-17(24(3,34)25(27,28)29)11-15(2)20(14)13-21(32)16-6-4-7-18(12-16)31-23(33)19-8-5-9-30-22(19)26/h5-13H,14H2,1-4H3,(H,32,34);4-12,34H,13H2,1-3H3,(H,31,33). The van der Waals surface area contributed by atoms with E-state index in [4.69, 9.17) is 23.2 Å². The van der Waals surface area contributed by atoms with Crippen LogP contribution in [0.2, 0.25) is 10.3 Å². The molecular weight excluding hydrogens is 1010 g/mol. The highest BCUT2D eigenvalue weighted by atomic mass is 35.5. The molecule has 21 heteroatoms. The maximum absolute atomic E-state index is 13.9. The third-order valence-electron chi connectivity index (χ3n) is 11.5. The summed E-state index contributed by atoms with van der Waals surface area (Å²) in [4.78, 5) is 58.7. The van der Waals surface area contributed by atoms with Gasteiger partial charge in [-0.15, -0.1) is 0 Å². The van der Waals surface area contributed by atoms with E-state index in [0.29, 0.717) is 70.4 Å². The van der Waals surface area contributed by atoms with Gasteiger partial charge in [0.2, 0.25) is 5.60 Å². The van der Waals surface area contributed by atoms with Crippen LogP contribution in [0.1, 0.15) is 99.8 Å². The quantitative estimate of drug-likeness (QED) is 0.0411. The van der Waals surface area contributed by atoms with E-state index < -0.39 is 51.1 Å². The van der Waals surface area contributed by atoms with Gasteiger partial charge in [0.25, 0.3) is 21.9 Å². The predicted molar refractivity (Wildman–Crippen MR) is 260 cm³/mol. The number of halogens is 8. The largest absolute Gasteiger partial charge is 0.422 e. The number of hydrogen-bond donors (Lipinski definition) is 3. The molecule has 0 saturated carbocycles. The van der Waals surface area contributed by atoms with Crippen LogP contribution >= 0.6 is 23.2 Å². The van der Waals surface area contributed by atoms with Crippen LogP contribution in [0.3, 0.4) is 0 Å². The molecule has 0 fully saturated rings. The number of aryl methyl sites for hydroxylation is 4. The first kappa shape index (κ1) is 56.4. The van der Waals surface area contributed by atoms with Gasteiger partial charge in [0.15, 0.2) is 17.2 Å². The van der Waals surface area contributed by atoms with Gasteiger partial charge < -0.3 is 15.7 Å². The lowest BCUT2D eigenvalue weighted by Crippen LogP contribution is -2.43. The van der Waals surface area contributed by atoms with Gasteiger partial charge in [-0.05, 0) is 135 Å². The summed E-state index contributed by atoms with van der Waals surface area (Å²) in [5.74, 6) is -1.62. The summed E-state index contributed by atoms with van der Waals surface area (Å²) >= 11 is 11.9. The van der Waals surface area contributed by atoms with Gasteiger partial charge in [0, 0.05) is 47.7 Å². The lowest BCUT2D eigenvalue weighted by atomic mass is 9.87. The molecule has 2 amide bonds. The molecule has 0 radical (unpaired) electrons. The second kappa shape index (κ2) is 22.1. The van der Waals surface area contributed by atoms with Crippen molar-refractivity contribution in [3.8, 4) is 0 Å². The molecule has 2 unspecified atom stereocenters. The van der Waals surface area contributed by atoms with Crippen molar-refractivity contribution in [2.24, 2.45) is 0 Å². The van der Waals surface area contributed by atoms with E-state index in [1.807, 2.05) is 0 Å². The Labute approximate surface area is 420 Å². The number of nitrogens with one attached hydrogen (secondary N) is 2. The number of Topliss-reactive ketones (excluding diaryl/α,β-unsaturated/α-hetero) is 2. The minimum Gasteiger partial charge on any atom is -0.376 e. The summed E-state index contributed by atoms with van der Waals surface area (Å²) < 4.78 is 109. The second-order valence-corrected chi connectivity index (χ2v) is 19.3. The first-order valence-electron chi connectivity index (χ1n) is 21.4. The summed E-state index contributed by atoms with van der Waals surface area (Å²) in [6.45, 7) is 7.60. The molecule has 0 bridgehead atoms. The number of amides is 2. The van der Waals surface area contributed by atoms with E-state index in [-0.39, 0.29) is 57.0 Å². The number of pyridine rings is 2. The molecule has 0 aliphatic rings. The summed E-state index contributed by atoms with van der Waals surface area (Å²) in [6, 6.07) is 23.5. The Balaban J connectivity index is 0.000000269. The Kier molecular flexibility index (Phi) is 17.3. The Morgan fingerprint density at radius 1 is 0.597 bits per heavy atom. The molecule has 2 heterocycles. The fourth-order valence-corrected chi connectivity index (χ4v) is 8.61. The number of aromatic nitrogens is 2. The zero-order valence-corrected chi connectivity index (χ0v) is 41.8. The van der Waals surface area contributed by atoms with Crippen LogP contribution in [0.15, 0.2) is 109 Å². The molecule has 0 saturated heterocycles. The zero-order valence-electron chi connectivity index (χ0n) is 39.4. The first-order valence-corrected chi connectivity index (χ1v) is 24.0. The van der Waals surface area contributed by atoms with Crippen LogP contribution in [0, 0.1) is 27.7 Å². The van der Waals surface area contributed by atoms with Crippen LogP contribution < -0.4 is 10.6 Å². The SMILES string of the molecule is Cc1cc(C(C)(O)C(F)(F)F)cc(C)c1CC(=O)c1cccc(NC(=O)c2cccnc2Cl)c1.Cc1cc(C(C)(OS(C)(=O)=O)C(F)(F)F)cc(C)c1CC(=O)c1cccc(NC(=O)c2cccnc2Cl)c1. The average Bonchev–Trinajstić information content (AvgIpc) is 3.27. The summed E-state index contributed by atoms with van der Waals surface area (Å²) in [6.07, 6.45) is -6.62. The van der Waals surface area contributed by atoms with E-state index in [9.17, 15) is 59.0 Å². The highest BCUT2D eigenvalue weighted by molar-refractivity contribution is 7.86. The van der Waals surface area contributed by atoms with Crippen LogP contribution in [0.25, 0.3) is 0 Å². The monoisotopic (exact) mass is 1060 g/mol. The maximum atomic E-state index is 13.9. The fraction of sp³-hybridized carbons (Fsp3) is 0.255. The van der Waals surface area contributed by atoms with E-state index in [0.717, 1.165) is 0 Å². The van der Waals surface area contributed by atoms with Gasteiger partial charge in [-0.1, -0.05) is 71.7 Å². The van der Waals surface area contributed by atoms with Crippen molar-refractivity contribution in [2.45, 2.75) is 77.9 Å². The minimum atomic E-state index is -5.03. The van der Waals surface area contributed by atoms with Gasteiger partial charge in [0.1, 0.15) is 10.3 Å². The van der Waals surface area contributed by atoms with Crippen molar-refractivity contribution in [2.75, 3.05) is 16.9 Å². The lowest BCUT2D eigenvalue weighted by Gasteiger charge is -2.32. The number of rotatable bonds is 14. The topological polar surface area (TPSA) is 182 Å². The number of alkyl halides is 6. The van der Waals surface area contributed by atoms with Gasteiger partial charge >= 0.3 is 12.4 Å². The Bertz CT molecular complexity index is 3140. The van der Waals surface area contributed by atoms with E-state index >= 15 is 0 Å². The highest BCUT2D eigenvalue weighted by Crippen LogP contribution is 2.44. The van der Waals surface area contributed by atoms with Crippen molar-refractivity contribution in [3.05, 3.63) is 187 Å². The molecule has 12 nitrogen and oxygen atoms in total.